The van der Waals surface area contributed by atoms with Gasteiger partial charge in [-0.25, -0.2) is 4.39 Å². The summed E-state index contributed by atoms with van der Waals surface area (Å²) in [6, 6.07) is 15.8. The molecule has 0 saturated carbocycles. The Bertz CT molecular complexity index is 565. The summed E-state index contributed by atoms with van der Waals surface area (Å²) < 4.78 is 13.5. The molecule has 2 heteroatoms. The van der Waals surface area contributed by atoms with Crippen molar-refractivity contribution in [2.75, 3.05) is 13.6 Å². The van der Waals surface area contributed by atoms with Crippen molar-refractivity contribution in [3.8, 4) is 0 Å². The van der Waals surface area contributed by atoms with E-state index in [1.54, 1.807) is 12.1 Å². The van der Waals surface area contributed by atoms with Crippen LogP contribution in [0.2, 0.25) is 0 Å². The fraction of sp³-hybridized carbons (Fsp3) is 0.294. The van der Waals surface area contributed by atoms with Crippen LogP contribution in [0.5, 0.6) is 0 Å². The van der Waals surface area contributed by atoms with E-state index in [-0.39, 0.29) is 5.82 Å². The summed E-state index contributed by atoms with van der Waals surface area (Å²) in [7, 11) is 2.10. The molecule has 0 aliphatic carbocycles. The van der Waals surface area contributed by atoms with Crippen LogP contribution in [0.15, 0.2) is 48.5 Å². The molecule has 1 nitrogen and oxygen atoms in total. The predicted octanol–water partition coefficient (Wildman–Crippen LogP) is 3.79. The van der Waals surface area contributed by atoms with Crippen LogP contribution in [0.1, 0.15) is 29.0 Å². The second-order valence-electron chi connectivity index (χ2n) is 5.33. The van der Waals surface area contributed by atoms with Crippen LogP contribution >= 0.6 is 0 Å². The van der Waals surface area contributed by atoms with E-state index in [0.29, 0.717) is 5.92 Å². The molecule has 0 spiro atoms. The average molecular weight is 255 g/mol. The van der Waals surface area contributed by atoms with Gasteiger partial charge >= 0.3 is 0 Å². The summed E-state index contributed by atoms with van der Waals surface area (Å²) in [4.78, 5) is 2.27. The van der Waals surface area contributed by atoms with Gasteiger partial charge in [0.15, 0.2) is 0 Å². The van der Waals surface area contributed by atoms with Crippen LogP contribution in [0.4, 0.5) is 4.39 Å². The monoisotopic (exact) mass is 255 g/mol. The highest BCUT2D eigenvalue weighted by Crippen LogP contribution is 2.33. The molecule has 0 radical (unpaired) electrons. The average Bonchev–Trinajstić information content (AvgIpc) is 2.57. The molecule has 1 atom stereocenters. The summed E-state index contributed by atoms with van der Waals surface area (Å²) in [6.07, 6.45) is 1.08. The minimum atomic E-state index is -0.138. The van der Waals surface area contributed by atoms with Gasteiger partial charge in [0.05, 0.1) is 0 Å². The summed E-state index contributed by atoms with van der Waals surface area (Å²) in [5.41, 5.74) is 3.72. The maximum Gasteiger partial charge on any atom is 0.123 e. The molecule has 0 amide bonds. The van der Waals surface area contributed by atoms with Gasteiger partial charge in [0.25, 0.3) is 0 Å². The van der Waals surface area contributed by atoms with Crippen molar-refractivity contribution in [3.63, 3.8) is 0 Å². The molecule has 2 aromatic carbocycles. The van der Waals surface area contributed by atoms with E-state index in [0.717, 1.165) is 25.1 Å². The minimum absolute atomic E-state index is 0.138. The fourth-order valence-electron chi connectivity index (χ4n) is 2.96. The van der Waals surface area contributed by atoms with Gasteiger partial charge in [0, 0.05) is 12.5 Å². The van der Waals surface area contributed by atoms with Crippen LogP contribution in [-0.4, -0.2) is 18.5 Å². The number of hydrogen-bond donors (Lipinski definition) is 0. The van der Waals surface area contributed by atoms with E-state index in [4.69, 9.17) is 0 Å². The number of hydrogen-bond acceptors (Lipinski definition) is 1. The third kappa shape index (κ3) is 2.54. The first-order valence-corrected chi connectivity index (χ1v) is 6.76. The maximum absolute atomic E-state index is 13.5. The molecule has 1 aliphatic rings. The van der Waals surface area contributed by atoms with Gasteiger partial charge in [-0.1, -0.05) is 36.4 Å². The van der Waals surface area contributed by atoms with Gasteiger partial charge in [0.1, 0.15) is 5.82 Å². The molecular formula is C17H18FN. The third-order valence-electron chi connectivity index (χ3n) is 3.92. The normalized spacial score (nSPS) is 19.8. The van der Waals surface area contributed by atoms with Gasteiger partial charge < -0.3 is 4.90 Å². The molecule has 19 heavy (non-hydrogen) atoms. The molecule has 3 rings (SSSR count). The van der Waals surface area contributed by atoms with E-state index < -0.39 is 0 Å². The molecule has 0 bridgehead atoms. The summed E-state index contributed by atoms with van der Waals surface area (Å²) in [5.74, 6) is 0.239. The van der Waals surface area contributed by atoms with Gasteiger partial charge in [-0.3, -0.25) is 0 Å². The van der Waals surface area contributed by atoms with Crippen molar-refractivity contribution in [1.29, 1.82) is 0 Å². The minimum Gasteiger partial charge on any atom is -0.302 e. The number of rotatable bonds is 1. The van der Waals surface area contributed by atoms with Crippen LogP contribution < -0.4 is 0 Å². The number of nitrogens with zero attached hydrogens (tertiary/aromatic N) is 1. The van der Waals surface area contributed by atoms with Gasteiger partial charge in [-0.05, 0) is 48.8 Å². The van der Waals surface area contributed by atoms with Gasteiger partial charge in [-0.2, -0.15) is 0 Å². The zero-order valence-electron chi connectivity index (χ0n) is 11.1. The van der Waals surface area contributed by atoms with E-state index in [1.165, 1.54) is 11.1 Å². The standard InChI is InChI=1S/C17H18FN/c1-19-10-9-17(13-5-3-2-4-6-13)16-8-7-15(18)11-14(16)12-19/h2-8,11,17H,9-10,12H2,1H3. The molecule has 0 saturated heterocycles. The quantitative estimate of drug-likeness (QED) is 0.749. The Morgan fingerprint density at radius 3 is 2.68 bits per heavy atom. The first kappa shape index (κ1) is 12.4. The van der Waals surface area contributed by atoms with E-state index >= 15 is 0 Å². The predicted molar refractivity (Wildman–Crippen MR) is 75.6 cm³/mol. The maximum atomic E-state index is 13.5. The van der Waals surface area contributed by atoms with Gasteiger partial charge in [0.2, 0.25) is 0 Å². The van der Waals surface area contributed by atoms with Crippen LogP contribution in [0, 0.1) is 5.82 Å². The molecule has 2 aromatic rings. The number of halogens is 1. The van der Waals surface area contributed by atoms with E-state index in [2.05, 4.69) is 36.2 Å². The van der Waals surface area contributed by atoms with Crippen molar-refractivity contribution in [2.45, 2.75) is 18.9 Å². The van der Waals surface area contributed by atoms with Crippen molar-refractivity contribution >= 4 is 0 Å². The topological polar surface area (TPSA) is 3.24 Å². The van der Waals surface area contributed by atoms with Crippen LogP contribution in [0.25, 0.3) is 0 Å². The molecule has 1 unspecified atom stereocenters. The summed E-state index contributed by atoms with van der Waals surface area (Å²) >= 11 is 0. The Labute approximate surface area is 113 Å². The second-order valence-corrected chi connectivity index (χ2v) is 5.33. The lowest BCUT2D eigenvalue weighted by Crippen LogP contribution is -2.17. The number of fused-ring (bicyclic) bond motifs is 1. The van der Waals surface area contributed by atoms with Crippen molar-refractivity contribution in [3.05, 3.63) is 71.0 Å². The van der Waals surface area contributed by atoms with Crippen molar-refractivity contribution in [2.24, 2.45) is 0 Å². The Hall–Kier alpha value is -1.67. The highest BCUT2D eigenvalue weighted by molar-refractivity contribution is 5.39. The zero-order valence-corrected chi connectivity index (χ0v) is 11.1. The summed E-state index contributed by atoms with van der Waals surface area (Å²) in [5, 5.41) is 0. The molecule has 1 heterocycles. The molecule has 0 aromatic heterocycles. The smallest absolute Gasteiger partial charge is 0.123 e. The lowest BCUT2D eigenvalue weighted by molar-refractivity contribution is 0.328. The SMILES string of the molecule is CN1CCC(c2ccccc2)c2ccc(F)cc2C1. The number of benzene rings is 2. The van der Waals surface area contributed by atoms with E-state index in [1.807, 2.05) is 12.1 Å². The molecular weight excluding hydrogens is 237 g/mol. The second kappa shape index (κ2) is 5.14. The molecule has 98 valence electrons. The van der Waals surface area contributed by atoms with Crippen LogP contribution in [0.3, 0.4) is 0 Å². The summed E-state index contributed by atoms with van der Waals surface area (Å²) in [6.45, 7) is 1.87. The molecule has 0 N–H and O–H groups in total. The fourth-order valence-corrected chi connectivity index (χ4v) is 2.96. The molecule has 0 fully saturated rings. The highest BCUT2D eigenvalue weighted by Gasteiger charge is 2.22. The Kier molecular flexibility index (Phi) is 3.34. The van der Waals surface area contributed by atoms with Crippen molar-refractivity contribution < 1.29 is 4.39 Å². The van der Waals surface area contributed by atoms with Crippen molar-refractivity contribution in [1.82, 2.24) is 4.90 Å². The first-order valence-electron chi connectivity index (χ1n) is 6.76. The largest absolute Gasteiger partial charge is 0.302 e. The molecule has 1 aliphatic heterocycles. The highest BCUT2D eigenvalue weighted by atomic mass is 19.1. The third-order valence-corrected chi connectivity index (χ3v) is 3.92. The first-order chi connectivity index (χ1) is 9.24. The van der Waals surface area contributed by atoms with Gasteiger partial charge in [-0.15, -0.1) is 0 Å². The lowest BCUT2D eigenvalue weighted by atomic mass is 9.87. The Morgan fingerprint density at radius 2 is 1.89 bits per heavy atom. The van der Waals surface area contributed by atoms with Crippen LogP contribution in [-0.2, 0) is 6.54 Å². The Morgan fingerprint density at radius 1 is 1.11 bits per heavy atom. The van der Waals surface area contributed by atoms with E-state index in [9.17, 15) is 4.39 Å². The zero-order chi connectivity index (χ0) is 13.2. The Balaban J connectivity index is 2.07. The lowest BCUT2D eigenvalue weighted by Gasteiger charge is -2.17.